The SMILES string of the molecule is O=C(c1ccccc1)c1ccc(Oc2ccc(-c3ccccc3)c(-c3ccccc3)c2-c2ccccc2)c(-c2ccccc2)c1-c1ccccc1. The molecule has 2 heteroatoms. The first-order valence-electron chi connectivity index (χ1n) is 17.1. The number of hydrogen-bond donors (Lipinski definition) is 0. The van der Waals surface area contributed by atoms with Gasteiger partial charge in [-0.25, -0.2) is 0 Å². The molecular formula is C49H34O2. The molecule has 0 heterocycles. The molecular weight excluding hydrogens is 621 g/mol. The van der Waals surface area contributed by atoms with Crippen molar-refractivity contribution in [3.8, 4) is 67.1 Å². The Bertz CT molecular complexity index is 2410. The second kappa shape index (κ2) is 14.4. The molecule has 51 heavy (non-hydrogen) atoms. The summed E-state index contributed by atoms with van der Waals surface area (Å²) >= 11 is 0. The van der Waals surface area contributed by atoms with Crippen LogP contribution in [0.25, 0.3) is 55.6 Å². The molecule has 0 N–H and O–H groups in total. The minimum atomic E-state index is -0.0401. The molecule has 2 nitrogen and oxygen atoms in total. The van der Waals surface area contributed by atoms with Crippen LogP contribution in [-0.2, 0) is 0 Å². The van der Waals surface area contributed by atoms with E-state index >= 15 is 0 Å². The van der Waals surface area contributed by atoms with Crippen molar-refractivity contribution >= 4 is 5.78 Å². The molecule has 0 aliphatic heterocycles. The summed E-state index contributed by atoms with van der Waals surface area (Å²) in [5.74, 6) is 1.34. The summed E-state index contributed by atoms with van der Waals surface area (Å²) in [6, 6.07) is 69.4. The lowest BCUT2D eigenvalue weighted by atomic mass is 9.86. The van der Waals surface area contributed by atoms with Crippen LogP contribution < -0.4 is 4.74 Å². The van der Waals surface area contributed by atoms with Crippen molar-refractivity contribution in [3.05, 3.63) is 217 Å². The van der Waals surface area contributed by atoms with Crippen molar-refractivity contribution in [2.75, 3.05) is 0 Å². The minimum Gasteiger partial charge on any atom is -0.456 e. The highest BCUT2D eigenvalue weighted by Gasteiger charge is 2.25. The Kier molecular flexibility index (Phi) is 8.88. The molecule has 0 amide bonds. The maximum Gasteiger partial charge on any atom is 0.193 e. The zero-order valence-electron chi connectivity index (χ0n) is 27.9. The molecule has 8 aromatic carbocycles. The van der Waals surface area contributed by atoms with Gasteiger partial charge in [0.15, 0.2) is 5.78 Å². The lowest BCUT2D eigenvalue weighted by Crippen LogP contribution is -2.06. The maximum atomic E-state index is 14.3. The Balaban J connectivity index is 1.41. The second-order valence-corrected chi connectivity index (χ2v) is 12.3. The van der Waals surface area contributed by atoms with Crippen LogP contribution in [0.15, 0.2) is 206 Å². The first kappa shape index (κ1) is 31.5. The monoisotopic (exact) mass is 654 g/mol. The molecule has 0 aliphatic rings. The molecule has 0 fully saturated rings. The lowest BCUT2D eigenvalue weighted by Gasteiger charge is -2.23. The van der Waals surface area contributed by atoms with Gasteiger partial charge in [-0.05, 0) is 51.6 Å². The third kappa shape index (κ3) is 6.39. The number of ether oxygens (including phenoxy) is 1. The van der Waals surface area contributed by atoms with Crippen molar-refractivity contribution < 1.29 is 9.53 Å². The lowest BCUT2D eigenvalue weighted by molar-refractivity contribution is 0.103. The Labute approximate surface area is 298 Å². The summed E-state index contributed by atoms with van der Waals surface area (Å²) in [5, 5.41) is 0. The number of benzene rings is 8. The van der Waals surface area contributed by atoms with Crippen LogP contribution >= 0.6 is 0 Å². The van der Waals surface area contributed by atoms with Gasteiger partial charge in [0.05, 0.1) is 0 Å². The average molecular weight is 655 g/mol. The molecule has 0 aliphatic carbocycles. The molecule has 0 bridgehead atoms. The van der Waals surface area contributed by atoms with Gasteiger partial charge in [-0.15, -0.1) is 0 Å². The number of rotatable bonds is 9. The van der Waals surface area contributed by atoms with Crippen LogP contribution in [-0.4, -0.2) is 5.78 Å². The van der Waals surface area contributed by atoms with E-state index in [1.165, 1.54) is 0 Å². The molecule has 0 aromatic heterocycles. The third-order valence-corrected chi connectivity index (χ3v) is 9.17. The number of hydrogen-bond acceptors (Lipinski definition) is 2. The van der Waals surface area contributed by atoms with Gasteiger partial charge in [-0.3, -0.25) is 4.79 Å². The van der Waals surface area contributed by atoms with Crippen LogP contribution in [0.2, 0.25) is 0 Å². The third-order valence-electron chi connectivity index (χ3n) is 9.17. The van der Waals surface area contributed by atoms with Crippen molar-refractivity contribution in [1.82, 2.24) is 0 Å². The Hall–Kier alpha value is -6.77. The summed E-state index contributed by atoms with van der Waals surface area (Å²) in [7, 11) is 0. The zero-order chi connectivity index (χ0) is 34.4. The van der Waals surface area contributed by atoms with Gasteiger partial charge in [-0.2, -0.15) is 0 Å². The van der Waals surface area contributed by atoms with Gasteiger partial charge < -0.3 is 4.74 Å². The van der Waals surface area contributed by atoms with E-state index in [2.05, 4.69) is 109 Å². The Morgan fingerprint density at radius 2 is 0.667 bits per heavy atom. The summed E-state index contributed by atoms with van der Waals surface area (Å²) < 4.78 is 7.19. The zero-order valence-corrected chi connectivity index (χ0v) is 27.9. The largest absolute Gasteiger partial charge is 0.456 e. The average Bonchev–Trinajstić information content (AvgIpc) is 3.22. The fourth-order valence-corrected chi connectivity index (χ4v) is 6.84. The van der Waals surface area contributed by atoms with Crippen LogP contribution in [0.5, 0.6) is 11.5 Å². The molecule has 0 saturated carbocycles. The molecule has 0 atom stereocenters. The van der Waals surface area contributed by atoms with Crippen molar-refractivity contribution in [1.29, 1.82) is 0 Å². The van der Waals surface area contributed by atoms with Gasteiger partial charge in [0.25, 0.3) is 0 Å². The maximum absolute atomic E-state index is 14.3. The van der Waals surface area contributed by atoms with E-state index < -0.39 is 0 Å². The van der Waals surface area contributed by atoms with Gasteiger partial charge in [0.1, 0.15) is 11.5 Å². The smallest absolute Gasteiger partial charge is 0.193 e. The fourth-order valence-electron chi connectivity index (χ4n) is 6.84. The topological polar surface area (TPSA) is 26.3 Å². The normalized spacial score (nSPS) is 10.8. The molecule has 0 saturated heterocycles. The quantitative estimate of drug-likeness (QED) is 0.145. The van der Waals surface area contributed by atoms with Crippen molar-refractivity contribution in [2.24, 2.45) is 0 Å². The predicted molar refractivity (Wildman–Crippen MR) is 210 cm³/mol. The highest BCUT2D eigenvalue weighted by molar-refractivity contribution is 6.15. The van der Waals surface area contributed by atoms with Crippen molar-refractivity contribution in [2.45, 2.75) is 0 Å². The van der Waals surface area contributed by atoms with Crippen LogP contribution in [0, 0.1) is 0 Å². The first-order valence-corrected chi connectivity index (χ1v) is 17.1. The van der Waals surface area contributed by atoms with Crippen LogP contribution in [0.3, 0.4) is 0 Å². The van der Waals surface area contributed by atoms with Gasteiger partial charge in [0, 0.05) is 33.4 Å². The second-order valence-electron chi connectivity index (χ2n) is 12.3. The van der Waals surface area contributed by atoms with Gasteiger partial charge in [0.2, 0.25) is 0 Å². The van der Waals surface area contributed by atoms with E-state index in [4.69, 9.17) is 4.74 Å². The van der Waals surface area contributed by atoms with E-state index in [-0.39, 0.29) is 5.78 Å². The summed E-state index contributed by atoms with van der Waals surface area (Å²) in [6.45, 7) is 0. The Morgan fingerprint density at radius 1 is 0.314 bits per heavy atom. The highest BCUT2D eigenvalue weighted by atomic mass is 16.5. The number of ketones is 1. The molecule has 242 valence electrons. The summed E-state index contributed by atoms with van der Waals surface area (Å²) in [5.41, 5.74) is 11.3. The van der Waals surface area contributed by atoms with Crippen molar-refractivity contribution in [3.63, 3.8) is 0 Å². The number of carbonyl (C=O) groups is 1. The first-order chi connectivity index (χ1) is 25.3. The van der Waals surface area contributed by atoms with Gasteiger partial charge in [-0.1, -0.05) is 188 Å². The Morgan fingerprint density at radius 3 is 1.14 bits per heavy atom. The standard InChI is InChI=1S/C49H34O2/c50-49(40-29-17-6-18-30-40)42-32-34-44(48(39-27-15-5-16-28-39)46(42)37-23-11-3-12-24-37)51-43-33-31-41(35-19-7-1-8-20-35)45(36-21-9-2-10-22-36)47(43)38-25-13-4-14-26-38/h1-34H. The number of carbonyl (C=O) groups excluding carboxylic acids is 1. The minimum absolute atomic E-state index is 0.0401. The van der Waals surface area contributed by atoms with Crippen LogP contribution in [0.1, 0.15) is 15.9 Å². The van der Waals surface area contributed by atoms with E-state index in [1.807, 2.05) is 97.1 Å². The van der Waals surface area contributed by atoms with E-state index in [0.29, 0.717) is 16.9 Å². The van der Waals surface area contributed by atoms with E-state index in [0.717, 1.165) is 61.4 Å². The van der Waals surface area contributed by atoms with E-state index in [1.54, 1.807) is 0 Å². The molecule has 8 rings (SSSR count). The summed E-state index contributed by atoms with van der Waals surface area (Å²) in [4.78, 5) is 14.3. The van der Waals surface area contributed by atoms with Gasteiger partial charge >= 0.3 is 0 Å². The van der Waals surface area contributed by atoms with E-state index in [9.17, 15) is 4.79 Å². The molecule has 0 spiro atoms. The molecule has 0 radical (unpaired) electrons. The molecule has 8 aromatic rings. The fraction of sp³-hybridized carbons (Fsp3) is 0. The predicted octanol–water partition coefficient (Wildman–Crippen LogP) is 13.0. The van der Waals surface area contributed by atoms with Crippen LogP contribution in [0.4, 0.5) is 0 Å². The molecule has 0 unspecified atom stereocenters. The highest BCUT2D eigenvalue weighted by Crippen LogP contribution is 2.49. The summed E-state index contributed by atoms with van der Waals surface area (Å²) in [6.07, 6.45) is 0.